The van der Waals surface area contributed by atoms with Gasteiger partial charge in [-0.25, -0.2) is 9.67 Å². The van der Waals surface area contributed by atoms with Gasteiger partial charge in [-0.3, -0.25) is 4.98 Å². The Morgan fingerprint density at radius 3 is 2.81 bits per heavy atom. The molecule has 1 aromatic carbocycles. The normalized spacial score (nSPS) is 12.1. The molecule has 4 rings (SSSR count). The van der Waals surface area contributed by atoms with E-state index in [1.54, 1.807) is 47.7 Å². The van der Waals surface area contributed by atoms with E-state index in [1.807, 2.05) is 29.6 Å². The minimum atomic E-state index is 0.471. The molecule has 0 saturated heterocycles. The summed E-state index contributed by atoms with van der Waals surface area (Å²) in [5.41, 5.74) is 2.27. The first-order valence-electron chi connectivity index (χ1n) is 7.89. The number of nitrogens with zero attached hydrogens (tertiary/aromatic N) is 4. The van der Waals surface area contributed by atoms with Crippen molar-refractivity contribution in [2.24, 2.45) is 10.1 Å². The summed E-state index contributed by atoms with van der Waals surface area (Å²) in [5, 5.41) is 7.54. The van der Waals surface area contributed by atoms with Crippen molar-refractivity contribution in [2.75, 3.05) is 0 Å². The van der Waals surface area contributed by atoms with Gasteiger partial charge in [0.2, 0.25) is 4.80 Å². The highest BCUT2D eigenvalue weighted by Gasteiger charge is 2.10. The molecule has 134 valence electrons. The first-order valence-corrected chi connectivity index (χ1v) is 9.53. The van der Waals surface area contributed by atoms with Crippen molar-refractivity contribution in [1.29, 1.82) is 0 Å². The average molecular weight is 415 g/mol. The fraction of sp³-hybridized carbons (Fsp3) is 0. The zero-order valence-electron chi connectivity index (χ0n) is 13.8. The predicted octanol–water partition coefficient (Wildman–Crippen LogP) is 5.63. The molecule has 0 saturated carbocycles. The van der Waals surface area contributed by atoms with E-state index in [0.29, 0.717) is 26.3 Å². The van der Waals surface area contributed by atoms with Gasteiger partial charge in [0, 0.05) is 28.4 Å². The summed E-state index contributed by atoms with van der Waals surface area (Å²) in [6.45, 7) is 0. The Balaban J connectivity index is 1.84. The lowest BCUT2D eigenvalue weighted by Gasteiger charge is -2.01. The van der Waals surface area contributed by atoms with Crippen molar-refractivity contribution in [2.45, 2.75) is 0 Å². The van der Waals surface area contributed by atoms with Crippen LogP contribution < -0.4 is 4.80 Å². The van der Waals surface area contributed by atoms with Crippen molar-refractivity contribution in [3.63, 3.8) is 0 Å². The smallest absolute Gasteiger partial charge is 0.211 e. The maximum absolute atomic E-state index is 6.26. The Labute approximate surface area is 168 Å². The average Bonchev–Trinajstić information content (AvgIpc) is 3.33. The molecule has 0 aliphatic rings. The van der Waals surface area contributed by atoms with E-state index < -0.39 is 0 Å². The molecule has 5 nitrogen and oxygen atoms in total. The lowest BCUT2D eigenvalue weighted by atomic mass is 10.3. The van der Waals surface area contributed by atoms with Gasteiger partial charge in [-0.1, -0.05) is 29.3 Å². The van der Waals surface area contributed by atoms with Crippen LogP contribution in [0.15, 0.2) is 81.0 Å². The minimum Gasteiger partial charge on any atom is -0.463 e. The quantitative estimate of drug-likeness (QED) is 0.406. The van der Waals surface area contributed by atoms with Gasteiger partial charge in [-0.2, -0.15) is 5.10 Å². The largest absolute Gasteiger partial charge is 0.463 e. The Hall–Kier alpha value is -2.67. The van der Waals surface area contributed by atoms with E-state index >= 15 is 0 Å². The molecule has 4 aromatic rings. The summed E-state index contributed by atoms with van der Waals surface area (Å²) in [5.74, 6) is 0.693. The van der Waals surface area contributed by atoms with Gasteiger partial charge >= 0.3 is 0 Å². The summed E-state index contributed by atoms with van der Waals surface area (Å²) in [4.78, 5) is 9.39. The molecular weight excluding hydrogens is 403 g/mol. The lowest BCUT2D eigenvalue weighted by Crippen LogP contribution is -2.11. The Kier molecular flexibility index (Phi) is 5.20. The standard InChI is InChI=1S/C19H12Cl2N4OS/c20-14-5-6-16(15(21)9-14)24-19-25(23-11-13-3-1-7-22-10-13)17(12-27-19)18-4-2-8-26-18/h1-12H. The minimum absolute atomic E-state index is 0.471. The van der Waals surface area contributed by atoms with Crippen LogP contribution in [0.1, 0.15) is 5.56 Å². The molecule has 0 amide bonds. The van der Waals surface area contributed by atoms with Crippen molar-refractivity contribution < 1.29 is 4.42 Å². The van der Waals surface area contributed by atoms with Crippen LogP contribution in [0, 0.1) is 0 Å². The van der Waals surface area contributed by atoms with Gasteiger partial charge in [-0.15, -0.1) is 11.3 Å². The molecule has 0 spiro atoms. The van der Waals surface area contributed by atoms with Gasteiger partial charge in [0.15, 0.2) is 5.76 Å². The van der Waals surface area contributed by atoms with Crippen LogP contribution in [0.3, 0.4) is 0 Å². The first kappa shape index (κ1) is 17.7. The lowest BCUT2D eigenvalue weighted by molar-refractivity contribution is 0.575. The number of hydrogen-bond acceptors (Lipinski definition) is 5. The second-order valence-electron chi connectivity index (χ2n) is 5.43. The van der Waals surface area contributed by atoms with Crippen molar-refractivity contribution >= 4 is 46.4 Å². The van der Waals surface area contributed by atoms with Crippen LogP contribution in [-0.4, -0.2) is 15.9 Å². The van der Waals surface area contributed by atoms with Crippen molar-refractivity contribution in [3.05, 3.63) is 86.9 Å². The van der Waals surface area contributed by atoms with Crippen LogP contribution in [0.2, 0.25) is 10.0 Å². The summed E-state index contributed by atoms with van der Waals surface area (Å²) in [6, 6.07) is 12.6. The molecule has 27 heavy (non-hydrogen) atoms. The Morgan fingerprint density at radius 2 is 2.07 bits per heavy atom. The second-order valence-corrected chi connectivity index (χ2v) is 7.11. The molecule has 0 fully saturated rings. The second kappa shape index (κ2) is 7.92. The van der Waals surface area contributed by atoms with Crippen LogP contribution in [-0.2, 0) is 0 Å². The third kappa shape index (κ3) is 4.03. The molecule has 0 radical (unpaired) electrons. The molecule has 0 atom stereocenters. The fourth-order valence-electron chi connectivity index (χ4n) is 2.34. The molecule has 0 aliphatic carbocycles. The summed E-state index contributed by atoms with van der Waals surface area (Å²) >= 11 is 13.7. The highest BCUT2D eigenvalue weighted by Crippen LogP contribution is 2.28. The van der Waals surface area contributed by atoms with E-state index in [1.165, 1.54) is 11.3 Å². The maximum Gasteiger partial charge on any atom is 0.211 e. The van der Waals surface area contributed by atoms with Crippen LogP contribution in [0.4, 0.5) is 5.69 Å². The molecule has 0 unspecified atom stereocenters. The Morgan fingerprint density at radius 1 is 1.15 bits per heavy atom. The summed E-state index contributed by atoms with van der Waals surface area (Å²) < 4.78 is 7.24. The Bertz CT molecular complexity index is 1150. The highest BCUT2D eigenvalue weighted by molar-refractivity contribution is 7.07. The number of halogens is 2. The summed E-state index contributed by atoms with van der Waals surface area (Å²) in [7, 11) is 0. The van der Waals surface area contributed by atoms with Crippen LogP contribution >= 0.6 is 34.5 Å². The molecular formula is C19H12Cl2N4OS. The van der Waals surface area contributed by atoms with Gasteiger partial charge in [-0.05, 0) is 36.4 Å². The predicted molar refractivity (Wildman–Crippen MR) is 109 cm³/mol. The molecule has 3 aromatic heterocycles. The van der Waals surface area contributed by atoms with Gasteiger partial charge < -0.3 is 4.42 Å². The number of furan rings is 1. The van der Waals surface area contributed by atoms with Crippen molar-refractivity contribution in [3.8, 4) is 11.5 Å². The van der Waals surface area contributed by atoms with E-state index in [-0.39, 0.29) is 0 Å². The molecule has 0 N–H and O–H groups in total. The number of thiazole rings is 1. The van der Waals surface area contributed by atoms with Gasteiger partial charge in [0.1, 0.15) is 5.69 Å². The fourth-order valence-corrected chi connectivity index (χ4v) is 3.62. The molecule has 3 heterocycles. The third-order valence-electron chi connectivity index (χ3n) is 3.59. The van der Waals surface area contributed by atoms with Crippen LogP contribution in [0.25, 0.3) is 11.5 Å². The third-order valence-corrected chi connectivity index (χ3v) is 4.95. The number of rotatable bonds is 4. The number of aromatic nitrogens is 2. The molecule has 8 heteroatoms. The topological polar surface area (TPSA) is 55.7 Å². The zero-order valence-corrected chi connectivity index (χ0v) is 16.1. The first-order chi connectivity index (χ1) is 13.2. The summed E-state index contributed by atoms with van der Waals surface area (Å²) in [6.07, 6.45) is 6.78. The monoisotopic (exact) mass is 414 g/mol. The van der Waals surface area contributed by atoms with E-state index in [0.717, 1.165) is 11.3 Å². The van der Waals surface area contributed by atoms with E-state index in [9.17, 15) is 0 Å². The van der Waals surface area contributed by atoms with Gasteiger partial charge in [0.25, 0.3) is 0 Å². The van der Waals surface area contributed by atoms with Crippen LogP contribution in [0.5, 0.6) is 0 Å². The SMILES string of the molecule is Clc1ccc(N=c2scc(-c3ccco3)n2N=Cc2cccnc2)c(Cl)c1. The maximum atomic E-state index is 6.26. The molecule has 0 bridgehead atoms. The molecule has 0 aliphatic heterocycles. The highest BCUT2D eigenvalue weighted by atomic mass is 35.5. The number of benzene rings is 1. The number of pyridine rings is 1. The van der Waals surface area contributed by atoms with Crippen molar-refractivity contribution in [1.82, 2.24) is 9.66 Å². The van der Waals surface area contributed by atoms with E-state index in [4.69, 9.17) is 27.6 Å². The number of hydrogen-bond donors (Lipinski definition) is 0. The van der Waals surface area contributed by atoms with Gasteiger partial charge in [0.05, 0.1) is 23.2 Å². The zero-order chi connectivity index (χ0) is 18.6. The van der Waals surface area contributed by atoms with E-state index in [2.05, 4.69) is 15.1 Å².